The van der Waals surface area contributed by atoms with Crippen molar-refractivity contribution in [1.82, 2.24) is 20.1 Å². The third-order valence-electron chi connectivity index (χ3n) is 5.81. The van der Waals surface area contributed by atoms with Crippen LogP contribution in [0.25, 0.3) is 0 Å². The lowest BCUT2D eigenvalue weighted by molar-refractivity contribution is 0.0347. The quantitative estimate of drug-likeness (QED) is 0.522. The Morgan fingerprint density at radius 1 is 1.00 bits per heavy atom. The normalized spacial score (nSPS) is 21.6. The van der Waals surface area contributed by atoms with Gasteiger partial charge in [0.05, 0.1) is 24.9 Å². The van der Waals surface area contributed by atoms with Crippen LogP contribution in [0.4, 0.5) is 0 Å². The molecule has 0 bridgehead atoms. The van der Waals surface area contributed by atoms with Gasteiger partial charge in [-0.05, 0) is 48.6 Å². The van der Waals surface area contributed by atoms with Crippen molar-refractivity contribution in [2.75, 3.05) is 39.4 Å². The Hall–Kier alpha value is -2.39. The molecule has 1 aromatic carbocycles. The van der Waals surface area contributed by atoms with Crippen LogP contribution in [0.1, 0.15) is 23.5 Å². The number of hydrogen-bond acceptors (Lipinski definition) is 6. The van der Waals surface area contributed by atoms with Gasteiger partial charge in [-0.25, -0.2) is 0 Å². The zero-order valence-corrected chi connectivity index (χ0v) is 19.4. The number of hydrogen-bond donors (Lipinski definition) is 1. The number of nitrogens with zero attached hydrogens (tertiary/aromatic N) is 3. The number of rotatable bonds is 7. The lowest BCUT2D eigenvalue weighted by atomic mass is 10.0. The van der Waals surface area contributed by atoms with E-state index in [2.05, 4.69) is 38.3 Å². The van der Waals surface area contributed by atoms with Crippen LogP contribution in [0.2, 0.25) is 0 Å². The van der Waals surface area contributed by atoms with Crippen LogP contribution in [-0.2, 0) is 4.74 Å². The Balaban J connectivity index is 1.39. The van der Waals surface area contributed by atoms with Crippen molar-refractivity contribution in [2.24, 2.45) is 0 Å². The molecule has 3 aromatic rings. The van der Waals surface area contributed by atoms with Gasteiger partial charge in [0, 0.05) is 37.3 Å². The average molecular weight is 467 g/mol. The molecule has 5 rings (SSSR count). The van der Waals surface area contributed by atoms with E-state index in [0.717, 1.165) is 65.9 Å². The summed E-state index contributed by atoms with van der Waals surface area (Å²) >= 11 is 7.40. The number of nitrogens with one attached hydrogen (secondary N) is 1. The zero-order chi connectivity index (χ0) is 21.8. The number of morpholine rings is 1. The maximum Gasteiger partial charge on any atom is 0.170 e. The second-order valence-corrected chi connectivity index (χ2v) is 9.31. The molecule has 0 unspecified atom stereocenters. The Morgan fingerprint density at radius 2 is 1.81 bits per heavy atom. The molecule has 2 aromatic heterocycles. The molecule has 0 saturated carbocycles. The number of furan rings is 1. The van der Waals surface area contributed by atoms with E-state index in [1.807, 2.05) is 48.7 Å². The van der Waals surface area contributed by atoms with Gasteiger partial charge in [-0.1, -0.05) is 36.0 Å². The molecule has 32 heavy (non-hydrogen) atoms. The van der Waals surface area contributed by atoms with Crippen molar-refractivity contribution in [2.45, 2.75) is 22.1 Å². The summed E-state index contributed by atoms with van der Waals surface area (Å²) in [7, 11) is 0. The fraction of sp³-hybridized carbons (Fsp3) is 0.333. The van der Waals surface area contributed by atoms with Crippen LogP contribution in [0.5, 0.6) is 0 Å². The highest BCUT2D eigenvalue weighted by molar-refractivity contribution is 7.99. The summed E-state index contributed by atoms with van der Waals surface area (Å²) in [5, 5.41) is 5.12. The van der Waals surface area contributed by atoms with E-state index in [0.29, 0.717) is 0 Å². The number of benzene rings is 1. The summed E-state index contributed by atoms with van der Waals surface area (Å²) in [5.41, 5.74) is 0.961. The van der Waals surface area contributed by atoms with Gasteiger partial charge in [-0.15, -0.1) is 0 Å². The van der Waals surface area contributed by atoms with E-state index >= 15 is 0 Å². The van der Waals surface area contributed by atoms with Crippen LogP contribution in [0.15, 0.2) is 81.3 Å². The molecule has 0 amide bonds. The first-order chi connectivity index (χ1) is 15.8. The number of thiocarbonyl (C=S) groups is 1. The maximum atomic E-state index is 6.35. The van der Waals surface area contributed by atoms with Crippen LogP contribution >= 0.6 is 24.0 Å². The van der Waals surface area contributed by atoms with Crippen molar-refractivity contribution < 1.29 is 9.15 Å². The van der Waals surface area contributed by atoms with E-state index in [1.54, 1.807) is 11.8 Å². The standard InChI is InChI=1S/C24H26N4O2S2/c31-24-26-22(19-8-4-5-11-25-19)23(28(24)13-12-27-14-16-29-17-15-27)20-9-10-21(30-20)32-18-6-2-1-3-7-18/h1-11,22-23H,12-17H2,(H,26,31)/t22-,23-/m0/s1. The highest BCUT2D eigenvalue weighted by Gasteiger charge is 2.41. The van der Waals surface area contributed by atoms with Crippen LogP contribution in [0, 0.1) is 0 Å². The van der Waals surface area contributed by atoms with Crippen LogP contribution < -0.4 is 5.32 Å². The Kier molecular flexibility index (Phi) is 6.73. The van der Waals surface area contributed by atoms with Crippen molar-refractivity contribution >= 4 is 29.1 Å². The maximum absolute atomic E-state index is 6.35. The first kappa shape index (κ1) is 21.5. The first-order valence-electron chi connectivity index (χ1n) is 10.9. The molecule has 8 heteroatoms. The predicted octanol–water partition coefficient (Wildman–Crippen LogP) is 4.13. The number of aromatic nitrogens is 1. The van der Waals surface area contributed by atoms with Crippen molar-refractivity contribution in [1.29, 1.82) is 0 Å². The summed E-state index contributed by atoms with van der Waals surface area (Å²) in [6.45, 7) is 5.26. The minimum absolute atomic E-state index is 0.0523. The molecule has 2 aliphatic heterocycles. The molecule has 1 N–H and O–H groups in total. The fourth-order valence-electron chi connectivity index (χ4n) is 4.18. The summed E-state index contributed by atoms with van der Waals surface area (Å²) in [6.07, 6.45) is 1.83. The monoisotopic (exact) mass is 466 g/mol. The van der Waals surface area contributed by atoms with Gasteiger partial charge < -0.3 is 19.4 Å². The number of pyridine rings is 1. The molecule has 2 fully saturated rings. The Labute approximate surface area is 197 Å². The number of ether oxygens (including phenoxy) is 1. The topological polar surface area (TPSA) is 53.8 Å². The van der Waals surface area contributed by atoms with Gasteiger partial charge >= 0.3 is 0 Å². The predicted molar refractivity (Wildman–Crippen MR) is 129 cm³/mol. The largest absolute Gasteiger partial charge is 0.452 e. The summed E-state index contributed by atoms with van der Waals surface area (Å²) in [6, 6.07) is 20.3. The molecule has 166 valence electrons. The lowest BCUT2D eigenvalue weighted by Gasteiger charge is -2.31. The van der Waals surface area contributed by atoms with E-state index in [4.69, 9.17) is 21.4 Å². The van der Waals surface area contributed by atoms with E-state index in [1.165, 1.54) is 0 Å². The Bertz CT molecular complexity index is 1020. The minimum atomic E-state index is -0.0610. The van der Waals surface area contributed by atoms with Gasteiger partial charge in [-0.3, -0.25) is 9.88 Å². The van der Waals surface area contributed by atoms with E-state index in [-0.39, 0.29) is 12.1 Å². The zero-order valence-electron chi connectivity index (χ0n) is 17.7. The summed E-state index contributed by atoms with van der Waals surface area (Å²) < 4.78 is 11.8. The third kappa shape index (κ3) is 4.83. The van der Waals surface area contributed by atoms with Crippen molar-refractivity contribution in [3.8, 4) is 0 Å². The van der Waals surface area contributed by atoms with E-state index < -0.39 is 0 Å². The highest BCUT2D eigenvalue weighted by Crippen LogP contribution is 2.41. The van der Waals surface area contributed by atoms with Gasteiger partial charge in [0.2, 0.25) is 0 Å². The molecule has 2 atom stereocenters. The average Bonchev–Trinajstić information content (AvgIpc) is 3.43. The van der Waals surface area contributed by atoms with E-state index in [9.17, 15) is 0 Å². The molecule has 0 aliphatic carbocycles. The van der Waals surface area contributed by atoms with Crippen LogP contribution in [0.3, 0.4) is 0 Å². The second-order valence-electron chi connectivity index (χ2n) is 7.85. The highest BCUT2D eigenvalue weighted by atomic mass is 32.2. The van der Waals surface area contributed by atoms with Crippen LogP contribution in [-0.4, -0.2) is 59.3 Å². The smallest absolute Gasteiger partial charge is 0.170 e. The first-order valence-corrected chi connectivity index (χ1v) is 12.1. The SMILES string of the molecule is S=C1N[C@@H](c2ccccn2)[C@H](c2ccc(Sc3ccccc3)o2)N1CCN1CCOCC1. The molecule has 6 nitrogen and oxygen atoms in total. The fourth-order valence-corrected chi connectivity index (χ4v) is 5.31. The van der Waals surface area contributed by atoms with Gasteiger partial charge in [-0.2, -0.15) is 0 Å². The molecule has 4 heterocycles. The van der Waals surface area contributed by atoms with Crippen molar-refractivity contribution in [3.05, 3.63) is 78.3 Å². The minimum Gasteiger partial charge on any atom is -0.452 e. The molecular weight excluding hydrogens is 440 g/mol. The molecule has 0 spiro atoms. The Morgan fingerprint density at radius 3 is 2.59 bits per heavy atom. The van der Waals surface area contributed by atoms with Gasteiger partial charge in [0.15, 0.2) is 10.2 Å². The lowest BCUT2D eigenvalue weighted by Crippen LogP contribution is -2.42. The second kappa shape index (κ2) is 10.0. The van der Waals surface area contributed by atoms with Crippen molar-refractivity contribution in [3.63, 3.8) is 0 Å². The molecule has 0 radical (unpaired) electrons. The van der Waals surface area contributed by atoms with Gasteiger partial charge in [0.1, 0.15) is 11.8 Å². The third-order valence-corrected chi connectivity index (χ3v) is 7.09. The summed E-state index contributed by atoms with van der Waals surface area (Å²) in [5.74, 6) is 0.897. The molecular formula is C24H26N4O2S2. The molecule has 2 aliphatic rings. The van der Waals surface area contributed by atoms with Gasteiger partial charge in [0.25, 0.3) is 0 Å². The summed E-state index contributed by atoms with van der Waals surface area (Å²) in [4.78, 5) is 10.4. The molecule has 2 saturated heterocycles.